The maximum absolute atomic E-state index is 12.5. The summed E-state index contributed by atoms with van der Waals surface area (Å²) in [5.41, 5.74) is 0.838. The number of carbonyl (C=O) groups excluding carboxylic acids is 2. The normalized spacial score (nSPS) is 10.5. The Hall–Kier alpha value is -2.24. The van der Waals surface area contributed by atoms with Gasteiger partial charge in [0.25, 0.3) is 0 Å². The topological polar surface area (TPSA) is 58.6 Å². The molecule has 0 saturated carbocycles. The van der Waals surface area contributed by atoms with Crippen LogP contribution in [0, 0.1) is 0 Å². The van der Waals surface area contributed by atoms with Crippen LogP contribution in [0.2, 0.25) is 10.0 Å². The number of nitrogens with zero attached hydrogens (tertiary/aromatic N) is 1. The molecule has 1 N–H and O–H groups in total. The van der Waals surface area contributed by atoms with E-state index in [9.17, 15) is 9.59 Å². The second kappa shape index (κ2) is 8.92. The van der Waals surface area contributed by atoms with Gasteiger partial charge in [-0.05, 0) is 38.1 Å². The lowest BCUT2D eigenvalue weighted by atomic mass is 10.2. The molecule has 0 atom stereocenters. The van der Waals surface area contributed by atoms with Crippen LogP contribution in [0.3, 0.4) is 0 Å². The largest absolute Gasteiger partial charge is 0.489 e. The lowest BCUT2D eigenvalue weighted by Crippen LogP contribution is -2.37. The van der Waals surface area contributed by atoms with Gasteiger partial charge < -0.3 is 10.1 Å². The van der Waals surface area contributed by atoms with E-state index in [1.165, 1.54) is 11.8 Å². The maximum atomic E-state index is 12.5. The molecule has 138 valence electrons. The van der Waals surface area contributed by atoms with Crippen molar-refractivity contribution < 1.29 is 14.3 Å². The van der Waals surface area contributed by atoms with Crippen LogP contribution >= 0.6 is 23.2 Å². The summed E-state index contributed by atoms with van der Waals surface area (Å²) in [5.74, 6) is -0.180. The molecule has 0 aromatic heterocycles. The van der Waals surface area contributed by atoms with Crippen molar-refractivity contribution in [2.75, 3.05) is 16.8 Å². The van der Waals surface area contributed by atoms with Crippen LogP contribution in [0.1, 0.15) is 20.8 Å². The Kier molecular flexibility index (Phi) is 6.89. The van der Waals surface area contributed by atoms with E-state index in [0.29, 0.717) is 27.2 Å². The summed E-state index contributed by atoms with van der Waals surface area (Å²) in [6.45, 7) is 4.97. The number of carbonyl (C=O) groups is 2. The molecule has 2 aromatic carbocycles. The van der Waals surface area contributed by atoms with E-state index >= 15 is 0 Å². The molecular weight excluding hydrogens is 375 g/mol. The first-order valence-electron chi connectivity index (χ1n) is 8.07. The third-order valence-corrected chi connectivity index (χ3v) is 4.06. The van der Waals surface area contributed by atoms with Gasteiger partial charge in [0.15, 0.2) is 0 Å². The minimum absolute atomic E-state index is 0.0688. The highest BCUT2D eigenvalue weighted by atomic mass is 35.5. The van der Waals surface area contributed by atoms with E-state index in [1.54, 1.807) is 36.4 Å². The molecule has 2 amide bonds. The van der Waals surface area contributed by atoms with Gasteiger partial charge in [0.1, 0.15) is 12.3 Å². The van der Waals surface area contributed by atoms with Crippen LogP contribution in [0.5, 0.6) is 5.75 Å². The van der Waals surface area contributed by atoms with Gasteiger partial charge in [0, 0.05) is 6.92 Å². The average molecular weight is 395 g/mol. The molecular formula is C19H20Cl2N2O3. The summed E-state index contributed by atoms with van der Waals surface area (Å²) >= 11 is 12.1. The number of hydrogen-bond donors (Lipinski definition) is 1. The summed E-state index contributed by atoms with van der Waals surface area (Å²) in [7, 11) is 0. The Morgan fingerprint density at radius 2 is 1.69 bits per heavy atom. The zero-order valence-corrected chi connectivity index (χ0v) is 16.3. The zero-order valence-electron chi connectivity index (χ0n) is 14.8. The monoisotopic (exact) mass is 394 g/mol. The molecule has 0 unspecified atom stereocenters. The van der Waals surface area contributed by atoms with E-state index in [0.717, 1.165) is 0 Å². The van der Waals surface area contributed by atoms with Crippen LogP contribution in [-0.2, 0) is 9.59 Å². The smallest absolute Gasteiger partial charge is 0.244 e. The summed E-state index contributed by atoms with van der Waals surface area (Å²) in [6, 6.07) is 12.0. The summed E-state index contributed by atoms with van der Waals surface area (Å²) in [5, 5.41) is 3.30. The second-order valence-electron chi connectivity index (χ2n) is 5.88. The molecule has 0 saturated heterocycles. The third kappa shape index (κ3) is 5.13. The number of benzene rings is 2. The number of rotatable bonds is 6. The zero-order chi connectivity index (χ0) is 19.3. The number of para-hydroxylation sites is 3. The predicted octanol–water partition coefficient (Wildman–Crippen LogP) is 4.77. The van der Waals surface area contributed by atoms with Gasteiger partial charge in [-0.3, -0.25) is 14.5 Å². The Bertz CT molecular complexity index is 789. The number of nitrogens with one attached hydrogen (secondary N) is 1. The molecule has 0 aliphatic heterocycles. The standard InChI is InChI=1S/C19H20Cl2N2O3/c1-12(2)26-17-10-5-4-9-16(17)23(13(3)24)11-18(25)22-19-14(20)7-6-8-15(19)21/h4-10,12H,11H2,1-3H3,(H,22,25). The Morgan fingerprint density at radius 3 is 2.27 bits per heavy atom. The van der Waals surface area contributed by atoms with Gasteiger partial charge in [-0.1, -0.05) is 41.4 Å². The first-order valence-corrected chi connectivity index (χ1v) is 8.83. The van der Waals surface area contributed by atoms with Crippen molar-refractivity contribution in [3.63, 3.8) is 0 Å². The maximum Gasteiger partial charge on any atom is 0.244 e. The van der Waals surface area contributed by atoms with Crippen molar-refractivity contribution in [3.05, 3.63) is 52.5 Å². The van der Waals surface area contributed by atoms with Crippen molar-refractivity contribution in [2.24, 2.45) is 0 Å². The van der Waals surface area contributed by atoms with Gasteiger partial charge in [0.2, 0.25) is 11.8 Å². The highest BCUT2D eigenvalue weighted by Crippen LogP contribution is 2.31. The predicted molar refractivity (Wildman–Crippen MR) is 105 cm³/mol. The molecule has 0 aliphatic rings. The van der Waals surface area contributed by atoms with E-state index in [1.807, 2.05) is 19.9 Å². The van der Waals surface area contributed by atoms with Crippen LogP contribution < -0.4 is 15.0 Å². The molecule has 0 aliphatic carbocycles. The molecule has 5 nitrogen and oxygen atoms in total. The number of amides is 2. The lowest BCUT2D eigenvalue weighted by molar-refractivity contribution is -0.120. The minimum atomic E-state index is -0.422. The van der Waals surface area contributed by atoms with Crippen LogP contribution in [0.25, 0.3) is 0 Å². The average Bonchev–Trinajstić information content (AvgIpc) is 2.56. The van der Waals surface area contributed by atoms with E-state index < -0.39 is 5.91 Å². The Balaban J connectivity index is 2.24. The summed E-state index contributed by atoms with van der Waals surface area (Å²) in [6.07, 6.45) is -0.0688. The first kappa shape index (κ1) is 20.1. The van der Waals surface area contributed by atoms with Crippen LogP contribution in [0.4, 0.5) is 11.4 Å². The van der Waals surface area contributed by atoms with Gasteiger partial charge >= 0.3 is 0 Å². The SMILES string of the molecule is CC(=O)N(CC(=O)Nc1c(Cl)cccc1Cl)c1ccccc1OC(C)C. The number of anilines is 2. The first-order chi connectivity index (χ1) is 12.3. The molecule has 26 heavy (non-hydrogen) atoms. The third-order valence-electron chi connectivity index (χ3n) is 3.43. The fourth-order valence-electron chi connectivity index (χ4n) is 2.34. The van der Waals surface area contributed by atoms with Crippen molar-refractivity contribution in [1.29, 1.82) is 0 Å². The number of halogens is 2. The molecule has 0 bridgehead atoms. The summed E-state index contributed by atoms with van der Waals surface area (Å²) < 4.78 is 5.75. The van der Waals surface area contributed by atoms with Crippen LogP contribution in [0.15, 0.2) is 42.5 Å². The molecule has 7 heteroatoms. The molecule has 0 fully saturated rings. The Morgan fingerprint density at radius 1 is 1.08 bits per heavy atom. The molecule has 2 rings (SSSR count). The van der Waals surface area contributed by atoms with Gasteiger partial charge in [-0.25, -0.2) is 0 Å². The lowest BCUT2D eigenvalue weighted by Gasteiger charge is -2.24. The molecule has 2 aromatic rings. The second-order valence-corrected chi connectivity index (χ2v) is 6.70. The fourth-order valence-corrected chi connectivity index (χ4v) is 2.83. The van der Waals surface area contributed by atoms with E-state index in [4.69, 9.17) is 27.9 Å². The van der Waals surface area contributed by atoms with E-state index in [-0.39, 0.29) is 18.6 Å². The number of hydrogen-bond acceptors (Lipinski definition) is 3. The highest BCUT2D eigenvalue weighted by Gasteiger charge is 2.21. The molecule has 0 radical (unpaired) electrons. The fraction of sp³-hybridized carbons (Fsp3) is 0.263. The van der Waals surface area contributed by atoms with Crippen molar-refractivity contribution in [3.8, 4) is 5.75 Å². The molecule has 0 heterocycles. The van der Waals surface area contributed by atoms with Gasteiger partial charge in [-0.2, -0.15) is 0 Å². The minimum Gasteiger partial charge on any atom is -0.489 e. The van der Waals surface area contributed by atoms with Crippen molar-refractivity contribution in [1.82, 2.24) is 0 Å². The quantitative estimate of drug-likeness (QED) is 0.767. The summed E-state index contributed by atoms with van der Waals surface area (Å²) in [4.78, 5) is 26.0. The van der Waals surface area contributed by atoms with Crippen LogP contribution in [-0.4, -0.2) is 24.5 Å². The Labute approximate surface area is 162 Å². The van der Waals surface area contributed by atoms with Gasteiger partial charge in [-0.15, -0.1) is 0 Å². The van der Waals surface area contributed by atoms with Crippen molar-refractivity contribution >= 4 is 46.4 Å². The van der Waals surface area contributed by atoms with Gasteiger partial charge in [0.05, 0.1) is 27.5 Å². The number of ether oxygens (including phenoxy) is 1. The van der Waals surface area contributed by atoms with Crippen molar-refractivity contribution in [2.45, 2.75) is 26.9 Å². The highest BCUT2D eigenvalue weighted by molar-refractivity contribution is 6.39. The molecule has 0 spiro atoms. The van der Waals surface area contributed by atoms with E-state index in [2.05, 4.69) is 5.32 Å².